The quantitative estimate of drug-likeness (QED) is 0.0854. The SMILES string of the molecule is COC(=O)C1=C(CN2CCN(CCOCCOCCOc3cc4c(cc3OC)-c3cc(=O)c(C(=O)O)cn3C(C(C)(C)C)C4)C(C(=O)O)C2)NC(c2nccs2)=N[C@H]1c1ccc(F)cc1Cl. The normalized spacial score (nSPS) is 18.8. The van der Waals surface area contributed by atoms with Gasteiger partial charge in [-0.15, -0.1) is 11.3 Å². The molecule has 352 valence electrons. The van der Waals surface area contributed by atoms with Gasteiger partial charge in [0, 0.05) is 84.5 Å². The number of thiazole rings is 1. The van der Waals surface area contributed by atoms with Crippen molar-refractivity contribution in [2.24, 2.45) is 10.4 Å². The zero-order valence-corrected chi connectivity index (χ0v) is 38.7. The number of ether oxygens (including phenoxy) is 5. The maximum atomic E-state index is 14.1. The van der Waals surface area contributed by atoms with Gasteiger partial charge in [-0.05, 0) is 41.7 Å². The number of aromatic nitrogens is 2. The molecule has 3 aliphatic heterocycles. The summed E-state index contributed by atoms with van der Waals surface area (Å²) >= 11 is 7.83. The molecule has 2 aromatic heterocycles. The van der Waals surface area contributed by atoms with E-state index in [2.05, 4.69) is 31.1 Å². The number of carboxylic acids is 2. The molecule has 0 radical (unpaired) electrons. The van der Waals surface area contributed by atoms with Crippen LogP contribution < -0.4 is 20.2 Å². The number of esters is 1. The van der Waals surface area contributed by atoms with Crippen molar-refractivity contribution in [1.82, 2.24) is 24.7 Å². The average molecular weight is 951 g/mol. The first-order valence-corrected chi connectivity index (χ1v) is 22.5. The molecule has 7 rings (SSSR count). The lowest BCUT2D eigenvalue weighted by Gasteiger charge is -2.40. The highest BCUT2D eigenvalue weighted by Crippen LogP contribution is 2.46. The zero-order chi connectivity index (χ0) is 47.3. The fraction of sp³-hybridized carbons (Fsp3) is 0.435. The van der Waals surface area contributed by atoms with E-state index in [-0.39, 0.29) is 73.7 Å². The van der Waals surface area contributed by atoms with Gasteiger partial charge in [0.2, 0.25) is 0 Å². The van der Waals surface area contributed by atoms with E-state index in [9.17, 15) is 33.8 Å². The molecule has 20 heteroatoms. The molecule has 0 amide bonds. The van der Waals surface area contributed by atoms with Crippen LogP contribution in [0.25, 0.3) is 11.3 Å². The zero-order valence-electron chi connectivity index (χ0n) is 37.2. The Balaban J connectivity index is 0.907. The van der Waals surface area contributed by atoms with Gasteiger partial charge in [-0.3, -0.25) is 24.4 Å². The van der Waals surface area contributed by atoms with Gasteiger partial charge in [0.25, 0.3) is 0 Å². The topological polar surface area (TPSA) is 204 Å². The van der Waals surface area contributed by atoms with Gasteiger partial charge < -0.3 is 43.8 Å². The van der Waals surface area contributed by atoms with Crippen molar-refractivity contribution >= 4 is 46.7 Å². The third-order valence-electron chi connectivity index (χ3n) is 11.8. The smallest absolute Gasteiger partial charge is 0.341 e. The molecular weight excluding hydrogens is 899 g/mol. The number of hydrogen-bond donors (Lipinski definition) is 3. The molecule has 0 bridgehead atoms. The second-order valence-corrected chi connectivity index (χ2v) is 18.3. The Hall–Kier alpha value is -5.70. The van der Waals surface area contributed by atoms with E-state index >= 15 is 0 Å². The van der Waals surface area contributed by atoms with Crippen LogP contribution in [0.3, 0.4) is 0 Å². The van der Waals surface area contributed by atoms with E-state index in [0.29, 0.717) is 65.4 Å². The highest BCUT2D eigenvalue weighted by atomic mass is 35.5. The van der Waals surface area contributed by atoms with Crippen LogP contribution in [0.2, 0.25) is 5.02 Å². The van der Waals surface area contributed by atoms with Gasteiger partial charge in [-0.1, -0.05) is 38.4 Å². The second-order valence-electron chi connectivity index (χ2n) is 17.0. The number of carbonyl (C=O) groups is 3. The Labute approximate surface area is 389 Å². The molecule has 4 aromatic rings. The summed E-state index contributed by atoms with van der Waals surface area (Å²) in [6.45, 7) is 9.07. The number of carboxylic acid groups (broad SMARTS) is 2. The maximum Gasteiger partial charge on any atom is 0.341 e. The summed E-state index contributed by atoms with van der Waals surface area (Å²) in [6.07, 6.45) is 3.65. The van der Waals surface area contributed by atoms with Crippen molar-refractivity contribution in [3.63, 3.8) is 0 Å². The summed E-state index contributed by atoms with van der Waals surface area (Å²) in [5, 5.41) is 25.6. The number of fused-ring (bicyclic) bond motifs is 3. The Morgan fingerprint density at radius 3 is 2.42 bits per heavy atom. The first kappa shape index (κ1) is 48.2. The molecule has 5 heterocycles. The molecule has 0 spiro atoms. The fourth-order valence-corrected chi connectivity index (χ4v) is 9.28. The lowest BCUT2D eigenvalue weighted by atomic mass is 9.78. The summed E-state index contributed by atoms with van der Waals surface area (Å²) in [7, 11) is 2.78. The minimum Gasteiger partial charge on any atom is -0.493 e. The Morgan fingerprint density at radius 2 is 1.76 bits per heavy atom. The average Bonchev–Trinajstić information content (AvgIpc) is 3.83. The molecule has 1 fully saturated rings. The van der Waals surface area contributed by atoms with Gasteiger partial charge in [0.15, 0.2) is 27.8 Å². The van der Waals surface area contributed by atoms with Crippen LogP contribution in [-0.4, -0.2) is 139 Å². The minimum atomic E-state index is -1.27. The number of halogens is 2. The van der Waals surface area contributed by atoms with Crippen molar-refractivity contribution in [3.05, 3.63) is 108 Å². The summed E-state index contributed by atoms with van der Waals surface area (Å²) in [4.78, 5) is 63.5. The number of nitrogens with one attached hydrogen (secondary N) is 1. The molecule has 3 aliphatic rings. The predicted octanol–water partition coefficient (Wildman–Crippen LogP) is 5.32. The van der Waals surface area contributed by atoms with Crippen molar-refractivity contribution in [2.75, 3.05) is 80.0 Å². The molecule has 3 N–H and O–H groups in total. The number of pyridine rings is 1. The summed E-state index contributed by atoms with van der Waals surface area (Å²) in [5.74, 6) is -2.11. The Morgan fingerprint density at radius 1 is 1.00 bits per heavy atom. The molecule has 0 aliphatic carbocycles. The van der Waals surface area contributed by atoms with Crippen molar-refractivity contribution in [1.29, 1.82) is 0 Å². The number of aliphatic imine (C=N–C) groups is 1. The van der Waals surface area contributed by atoms with Crippen molar-refractivity contribution in [2.45, 2.75) is 45.3 Å². The number of methoxy groups -OCH3 is 2. The van der Waals surface area contributed by atoms with Crippen molar-refractivity contribution in [3.8, 4) is 22.8 Å². The highest BCUT2D eigenvalue weighted by molar-refractivity contribution is 7.11. The van der Waals surface area contributed by atoms with Crippen LogP contribution in [0, 0.1) is 11.2 Å². The number of carbonyl (C=O) groups excluding carboxylic acids is 1. The number of rotatable bonds is 18. The third-order valence-corrected chi connectivity index (χ3v) is 12.9. The van der Waals surface area contributed by atoms with Gasteiger partial charge in [0.1, 0.15) is 30.1 Å². The van der Waals surface area contributed by atoms with E-state index in [0.717, 1.165) is 17.2 Å². The lowest BCUT2D eigenvalue weighted by Crippen LogP contribution is -2.57. The Kier molecular flexibility index (Phi) is 15.2. The fourth-order valence-electron chi connectivity index (χ4n) is 8.42. The van der Waals surface area contributed by atoms with Gasteiger partial charge in [-0.25, -0.2) is 19.0 Å². The lowest BCUT2D eigenvalue weighted by molar-refractivity contribution is -0.146. The Bertz CT molecular complexity index is 2580. The number of hydrogen-bond acceptors (Lipinski definition) is 15. The van der Waals surface area contributed by atoms with Crippen LogP contribution in [0.15, 0.2) is 75.2 Å². The molecule has 1 saturated heterocycles. The van der Waals surface area contributed by atoms with E-state index in [4.69, 9.17) is 40.3 Å². The molecule has 0 saturated carbocycles. The second kappa shape index (κ2) is 20.9. The summed E-state index contributed by atoms with van der Waals surface area (Å²) in [5.41, 5.74) is 2.23. The summed E-state index contributed by atoms with van der Waals surface area (Å²) < 4.78 is 44.5. The molecule has 2 aromatic carbocycles. The van der Waals surface area contributed by atoms with Gasteiger partial charge >= 0.3 is 17.9 Å². The molecule has 2 unspecified atom stereocenters. The number of piperazine rings is 1. The van der Waals surface area contributed by atoms with E-state index in [1.807, 2.05) is 26.5 Å². The van der Waals surface area contributed by atoms with E-state index < -0.39 is 41.2 Å². The minimum absolute atomic E-state index is 0.0841. The first-order valence-electron chi connectivity index (χ1n) is 21.3. The van der Waals surface area contributed by atoms with Crippen molar-refractivity contribution < 1.29 is 52.7 Å². The van der Waals surface area contributed by atoms with Gasteiger partial charge in [-0.2, -0.15) is 0 Å². The number of aromatic carboxylic acids is 1. The first-order chi connectivity index (χ1) is 31.6. The number of benzene rings is 2. The molecular formula is C46H52ClFN6O11S. The van der Waals surface area contributed by atoms with Crippen LogP contribution in [0.5, 0.6) is 11.5 Å². The monoisotopic (exact) mass is 950 g/mol. The molecule has 3 atom stereocenters. The van der Waals surface area contributed by atoms with E-state index in [1.165, 1.54) is 50.0 Å². The predicted molar refractivity (Wildman–Crippen MR) is 243 cm³/mol. The van der Waals surface area contributed by atoms with Crippen LogP contribution in [0.4, 0.5) is 4.39 Å². The molecule has 66 heavy (non-hydrogen) atoms. The van der Waals surface area contributed by atoms with Gasteiger partial charge in [0.05, 0.1) is 51.9 Å². The van der Waals surface area contributed by atoms with Crippen LogP contribution >= 0.6 is 22.9 Å². The summed E-state index contributed by atoms with van der Waals surface area (Å²) in [6, 6.07) is 7.03. The number of aliphatic carboxylic acids is 1. The highest BCUT2D eigenvalue weighted by Gasteiger charge is 2.38. The largest absolute Gasteiger partial charge is 0.493 e. The third kappa shape index (κ3) is 10.8. The van der Waals surface area contributed by atoms with Crippen LogP contribution in [0.1, 0.15) is 59.3 Å². The van der Waals surface area contributed by atoms with Crippen LogP contribution in [-0.2, 0) is 30.2 Å². The van der Waals surface area contributed by atoms with E-state index in [1.54, 1.807) is 11.6 Å². The standard InChI is InChI=1S/C46H52ClFN6O11S/c1-46(2,3)38-19-26-18-37(36(61-4)21-29(26)33-22-35(55)30(43(56)57)23-54(33)38)65-16-15-64-14-13-63-12-11-53-10-9-52(25-34(53)44(58)59)24-32-39(45(60)62-5)40(28-7-6-27(48)20-31(28)47)51-41(50-32)42-49-8-17-66-42/h6-8,17-18,20-23,34,38,40H,9-16,19,24-25H2,1-5H3,(H,50,51)(H,56,57)(H,58,59)/t34?,38?,40-/m0/s1. The molecule has 17 nitrogen and oxygen atoms in total. The number of nitrogens with zero attached hydrogens (tertiary/aromatic N) is 5. The number of amidine groups is 1. The maximum absolute atomic E-state index is 14.1.